The van der Waals surface area contributed by atoms with Crippen molar-refractivity contribution in [1.29, 1.82) is 0 Å². The summed E-state index contributed by atoms with van der Waals surface area (Å²) in [5.74, 6) is 0.206. The number of halogens is 2. The molecule has 0 heterocycles. The van der Waals surface area contributed by atoms with E-state index in [4.69, 9.17) is 4.74 Å². The van der Waals surface area contributed by atoms with Crippen LogP contribution >= 0.6 is 15.9 Å². The van der Waals surface area contributed by atoms with Crippen molar-refractivity contribution in [2.75, 3.05) is 0 Å². The van der Waals surface area contributed by atoms with E-state index in [1.807, 2.05) is 0 Å². The molecule has 0 saturated heterocycles. The lowest BCUT2D eigenvalue weighted by molar-refractivity contribution is -0.400. The maximum atomic E-state index is 12.8. The van der Waals surface area contributed by atoms with Crippen LogP contribution in [0.3, 0.4) is 0 Å². The van der Waals surface area contributed by atoms with Crippen molar-refractivity contribution >= 4 is 22.0 Å². The Labute approximate surface area is 129 Å². The van der Waals surface area contributed by atoms with Gasteiger partial charge in [0.05, 0.1) is 4.92 Å². The van der Waals surface area contributed by atoms with Crippen LogP contribution in [0, 0.1) is 15.9 Å². The lowest BCUT2D eigenvalue weighted by atomic mass is 10.2. The number of benzene rings is 2. The smallest absolute Gasteiger partial charge is 0.235 e. The molecule has 4 nitrogen and oxygen atoms in total. The van der Waals surface area contributed by atoms with E-state index >= 15 is 0 Å². The van der Waals surface area contributed by atoms with Gasteiger partial charge in [-0.15, -0.1) is 0 Å². The molecule has 0 N–H and O–H groups in total. The van der Waals surface area contributed by atoms with E-state index in [9.17, 15) is 14.5 Å². The van der Waals surface area contributed by atoms with Crippen LogP contribution in [0.25, 0.3) is 6.08 Å². The molecule has 0 amide bonds. The number of hydrogen-bond donors (Lipinski definition) is 0. The van der Waals surface area contributed by atoms with Crippen LogP contribution in [0.15, 0.2) is 53.1 Å². The molecular formula is C15H11BrFNO3. The fourth-order valence-electron chi connectivity index (χ4n) is 1.66. The van der Waals surface area contributed by atoms with Crippen molar-refractivity contribution in [2.24, 2.45) is 0 Å². The van der Waals surface area contributed by atoms with E-state index in [-0.39, 0.29) is 12.4 Å². The van der Waals surface area contributed by atoms with Crippen molar-refractivity contribution in [3.8, 4) is 5.75 Å². The topological polar surface area (TPSA) is 52.4 Å². The van der Waals surface area contributed by atoms with Gasteiger partial charge in [-0.2, -0.15) is 0 Å². The third-order valence-electron chi connectivity index (χ3n) is 2.66. The molecule has 0 atom stereocenters. The normalized spacial score (nSPS) is 10.8. The molecule has 2 rings (SSSR count). The molecule has 0 bridgehead atoms. The quantitative estimate of drug-likeness (QED) is 0.592. The fraction of sp³-hybridized carbons (Fsp3) is 0.0667. The highest BCUT2D eigenvalue weighted by Gasteiger charge is 2.04. The highest BCUT2D eigenvalue weighted by molar-refractivity contribution is 9.10. The summed E-state index contributed by atoms with van der Waals surface area (Å²) < 4.78 is 19.2. The highest BCUT2D eigenvalue weighted by Crippen LogP contribution is 2.25. The standard InChI is InChI=1S/C15H11BrFNO3/c16-13-3-6-15(12(9-13)7-8-18(19)20)21-10-11-1-4-14(17)5-2-11/h1-9H,10H2. The predicted octanol–water partition coefficient (Wildman–Crippen LogP) is 4.41. The summed E-state index contributed by atoms with van der Waals surface area (Å²) in [5.41, 5.74) is 1.40. The third kappa shape index (κ3) is 4.68. The first-order chi connectivity index (χ1) is 10.0. The minimum Gasteiger partial charge on any atom is -0.488 e. The Morgan fingerprint density at radius 2 is 1.95 bits per heavy atom. The second kappa shape index (κ2) is 6.99. The maximum absolute atomic E-state index is 12.8. The molecule has 0 unspecified atom stereocenters. The Morgan fingerprint density at radius 1 is 1.24 bits per heavy atom. The lowest BCUT2D eigenvalue weighted by Gasteiger charge is -2.09. The zero-order chi connectivity index (χ0) is 15.2. The lowest BCUT2D eigenvalue weighted by Crippen LogP contribution is -1.97. The summed E-state index contributed by atoms with van der Waals surface area (Å²) in [5, 5.41) is 10.4. The summed E-state index contributed by atoms with van der Waals surface area (Å²) >= 11 is 3.31. The molecule has 2 aromatic carbocycles. The minimum absolute atomic E-state index is 0.251. The van der Waals surface area contributed by atoms with Crippen LogP contribution in [0.4, 0.5) is 4.39 Å². The van der Waals surface area contributed by atoms with Crippen LogP contribution < -0.4 is 4.74 Å². The van der Waals surface area contributed by atoms with Gasteiger partial charge in [0, 0.05) is 16.1 Å². The second-order valence-corrected chi connectivity index (χ2v) is 5.11. The van der Waals surface area contributed by atoms with E-state index in [0.29, 0.717) is 11.3 Å². The SMILES string of the molecule is O=[N+]([O-])C=Cc1cc(Br)ccc1OCc1ccc(F)cc1. The van der Waals surface area contributed by atoms with Gasteiger partial charge in [-0.05, 0) is 35.9 Å². The van der Waals surface area contributed by atoms with E-state index < -0.39 is 4.92 Å². The molecule has 2 aromatic rings. The largest absolute Gasteiger partial charge is 0.488 e. The van der Waals surface area contributed by atoms with Gasteiger partial charge >= 0.3 is 0 Å². The molecule has 0 saturated carbocycles. The third-order valence-corrected chi connectivity index (χ3v) is 3.15. The van der Waals surface area contributed by atoms with Crippen molar-refractivity contribution in [3.05, 3.63) is 80.2 Å². The monoisotopic (exact) mass is 351 g/mol. The van der Waals surface area contributed by atoms with E-state index in [0.717, 1.165) is 16.2 Å². The predicted molar refractivity (Wildman–Crippen MR) is 80.9 cm³/mol. The number of nitrogens with zero attached hydrogens (tertiary/aromatic N) is 1. The van der Waals surface area contributed by atoms with Crippen molar-refractivity contribution in [1.82, 2.24) is 0 Å². The van der Waals surface area contributed by atoms with Gasteiger partial charge < -0.3 is 4.74 Å². The molecular weight excluding hydrogens is 341 g/mol. The van der Waals surface area contributed by atoms with Crippen molar-refractivity contribution in [3.63, 3.8) is 0 Å². The summed E-state index contributed by atoms with van der Waals surface area (Å²) in [4.78, 5) is 9.87. The Kier molecular flexibility index (Phi) is 5.05. The first kappa shape index (κ1) is 15.2. The molecule has 0 aromatic heterocycles. The van der Waals surface area contributed by atoms with Crippen LogP contribution in [0.5, 0.6) is 5.75 Å². The fourth-order valence-corrected chi connectivity index (χ4v) is 2.04. The van der Waals surface area contributed by atoms with E-state index in [1.54, 1.807) is 30.3 Å². The summed E-state index contributed by atoms with van der Waals surface area (Å²) in [7, 11) is 0. The van der Waals surface area contributed by atoms with Crippen molar-refractivity contribution in [2.45, 2.75) is 6.61 Å². The second-order valence-electron chi connectivity index (χ2n) is 4.20. The molecule has 0 fully saturated rings. The highest BCUT2D eigenvalue weighted by atomic mass is 79.9. The van der Waals surface area contributed by atoms with Gasteiger partial charge in [0.15, 0.2) is 0 Å². The van der Waals surface area contributed by atoms with Gasteiger partial charge in [0.1, 0.15) is 18.2 Å². The molecule has 0 aliphatic carbocycles. The maximum Gasteiger partial charge on any atom is 0.235 e. The van der Waals surface area contributed by atoms with Gasteiger partial charge in [-0.25, -0.2) is 4.39 Å². The van der Waals surface area contributed by atoms with Gasteiger partial charge in [-0.3, -0.25) is 10.1 Å². The van der Waals surface area contributed by atoms with E-state index in [2.05, 4.69) is 15.9 Å². The Morgan fingerprint density at radius 3 is 2.62 bits per heavy atom. The number of ether oxygens (including phenoxy) is 1. The Hall–Kier alpha value is -2.21. The number of nitro groups is 1. The average Bonchev–Trinajstić information content (AvgIpc) is 2.45. The minimum atomic E-state index is -0.537. The molecule has 21 heavy (non-hydrogen) atoms. The Bertz CT molecular complexity index is 671. The van der Waals surface area contributed by atoms with Gasteiger partial charge in [0.2, 0.25) is 6.20 Å². The number of hydrogen-bond acceptors (Lipinski definition) is 3. The molecule has 6 heteroatoms. The van der Waals surface area contributed by atoms with Gasteiger partial charge in [-0.1, -0.05) is 28.1 Å². The molecule has 0 aliphatic rings. The van der Waals surface area contributed by atoms with Crippen LogP contribution in [-0.4, -0.2) is 4.92 Å². The first-order valence-electron chi connectivity index (χ1n) is 6.03. The molecule has 0 aliphatic heterocycles. The van der Waals surface area contributed by atoms with Gasteiger partial charge in [0.25, 0.3) is 0 Å². The zero-order valence-corrected chi connectivity index (χ0v) is 12.4. The summed E-state index contributed by atoms with van der Waals surface area (Å²) in [6.07, 6.45) is 2.22. The van der Waals surface area contributed by atoms with E-state index in [1.165, 1.54) is 18.2 Å². The molecule has 108 valence electrons. The number of rotatable bonds is 5. The molecule has 0 spiro atoms. The zero-order valence-electron chi connectivity index (χ0n) is 10.8. The van der Waals surface area contributed by atoms with Crippen LogP contribution in [0.2, 0.25) is 0 Å². The molecule has 0 radical (unpaired) electrons. The van der Waals surface area contributed by atoms with Crippen LogP contribution in [0.1, 0.15) is 11.1 Å². The summed E-state index contributed by atoms with van der Waals surface area (Å²) in [6, 6.07) is 11.2. The first-order valence-corrected chi connectivity index (χ1v) is 6.82. The average molecular weight is 352 g/mol. The van der Waals surface area contributed by atoms with Crippen molar-refractivity contribution < 1.29 is 14.1 Å². The Balaban J connectivity index is 2.15. The van der Waals surface area contributed by atoms with Crippen LogP contribution in [-0.2, 0) is 6.61 Å². The summed E-state index contributed by atoms with van der Waals surface area (Å²) in [6.45, 7) is 0.251.